The quantitative estimate of drug-likeness (QED) is 0.894. The lowest BCUT2D eigenvalue weighted by atomic mass is 10.3. The molecular formula is C11H9ClN2O2S. The van der Waals surface area contributed by atoms with Gasteiger partial charge in [0, 0.05) is 0 Å². The van der Waals surface area contributed by atoms with Crippen LogP contribution >= 0.6 is 22.9 Å². The Morgan fingerprint density at radius 2 is 2.18 bits per heavy atom. The summed E-state index contributed by atoms with van der Waals surface area (Å²) < 4.78 is 0. The monoisotopic (exact) mass is 268 g/mol. The van der Waals surface area contributed by atoms with E-state index in [1.807, 2.05) is 12.1 Å². The van der Waals surface area contributed by atoms with Crippen molar-refractivity contribution < 1.29 is 9.90 Å². The molecule has 0 saturated heterocycles. The van der Waals surface area contributed by atoms with E-state index in [0.717, 1.165) is 11.3 Å². The highest BCUT2D eigenvalue weighted by molar-refractivity contribution is 7.17. The van der Waals surface area contributed by atoms with Crippen LogP contribution in [0.3, 0.4) is 0 Å². The molecule has 0 aliphatic heterocycles. The molecule has 17 heavy (non-hydrogen) atoms. The van der Waals surface area contributed by atoms with Gasteiger partial charge in [0.05, 0.1) is 16.4 Å². The molecule has 0 spiro atoms. The van der Waals surface area contributed by atoms with Crippen molar-refractivity contribution in [1.29, 1.82) is 0 Å². The molecule has 0 aliphatic carbocycles. The zero-order chi connectivity index (χ0) is 12.4. The first kappa shape index (κ1) is 11.9. The maximum atomic E-state index is 10.9. The zero-order valence-electron chi connectivity index (χ0n) is 8.90. The Bertz CT molecular complexity index is 568. The van der Waals surface area contributed by atoms with Crippen molar-refractivity contribution in [3.63, 3.8) is 0 Å². The van der Waals surface area contributed by atoms with Crippen LogP contribution in [0.25, 0.3) is 0 Å². The highest BCUT2D eigenvalue weighted by atomic mass is 35.5. The van der Waals surface area contributed by atoms with Gasteiger partial charge in [0.2, 0.25) is 0 Å². The average molecular weight is 269 g/mol. The molecule has 4 nitrogen and oxygen atoms in total. The third-order valence-corrected chi connectivity index (χ3v) is 3.50. The maximum absolute atomic E-state index is 10.9. The Balaban J connectivity index is 2.28. The number of para-hydroxylation sites is 1. The summed E-state index contributed by atoms with van der Waals surface area (Å²) in [6, 6.07) is 7.22. The molecule has 2 N–H and O–H groups in total. The minimum atomic E-state index is -0.966. The number of benzene rings is 1. The van der Waals surface area contributed by atoms with Gasteiger partial charge in [0.25, 0.3) is 0 Å². The van der Waals surface area contributed by atoms with Crippen LogP contribution in [0, 0.1) is 6.92 Å². The Labute approximate surface area is 107 Å². The van der Waals surface area contributed by atoms with Crippen LogP contribution in [0.2, 0.25) is 5.02 Å². The number of aromatic carboxylic acids is 1. The molecule has 0 bridgehead atoms. The van der Waals surface area contributed by atoms with Crippen molar-refractivity contribution in [1.82, 2.24) is 4.98 Å². The Hall–Kier alpha value is -1.59. The van der Waals surface area contributed by atoms with Crippen LogP contribution in [-0.4, -0.2) is 16.1 Å². The molecule has 0 atom stereocenters. The molecule has 6 heteroatoms. The van der Waals surface area contributed by atoms with E-state index in [2.05, 4.69) is 10.3 Å². The summed E-state index contributed by atoms with van der Waals surface area (Å²) in [4.78, 5) is 15.2. The summed E-state index contributed by atoms with van der Waals surface area (Å²) in [6.45, 7) is 1.66. The second kappa shape index (κ2) is 4.73. The molecule has 1 aromatic carbocycles. The summed E-state index contributed by atoms with van der Waals surface area (Å²) >= 11 is 7.07. The van der Waals surface area contributed by atoms with E-state index < -0.39 is 5.97 Å². The molecule has 0 amide bonds. The first-order valence-electron chi connectivity index (χ1n) is 4.80. The fourth-order valence-electron chi connectivity index (χ4n) is 1.33. The lowest BCUT2D eigenvalue weighted by Gasteiger charge is -2.03. The number of carboxylic acid groups (broad SMARTS) is 1. The SMILES string of the molecule is Cc1nc(Nc2ccccc2Cl)sc1C(=O)O. The highest BCUT2D eigenvalue weighted by Gasteiger charge is 2.14. The lowest BCUT2D eigenvalue weighted by molar-refractivity contribution is 0.0701. The van der Waals surface area contributed by atoms with Crippen molar-refractivity contribution in [2.75, 3.05) is 5.32 Å². The van der Waals surface area contributed by atoms with E-state index in [-0.39, 0.29) is 4.88 Å². The summed E-state index contributed by atoms with van der Waals surface area (Å²) in [5.74, 6) is -0.966. The first-order chi connectivity index (χ1) is 8.08. The molecule has 88 valence electrons. The fourth-order valence-corrected chi connectivity index (χ4v) is 2.33. The second-order valence-electron chi connectivity index (χ2n) is 3.34. The highest BCUT2D eigenvalue weighted by Crippen LogP contribution is 2.29. The summed E-state index contributed by atoms with van der Waals surface area (Å²) in [5.41, 5.74) is 1.21. The third kappa shape index (κ3) is 2.57. The predicted octanol–water partition coefficient (Wildman–Crippen LogP) is 3.55. The van der Waals surface area contributed by atoms with E-state index in [4.69, 9.17) is 16.7 Å². The van der Waals surface area contributed by atoms with E-state index in [0.29, 0.717) is 21.5 Å². The number of rotatable bonds is 3. The molecule has 1 heterocycles. The number of thiazole rings is 1. The van der Waals surface area contributed by atoms with Crippen LogP contribution in [0.5, 0.6) is 0 Å². The number of aryl methyl sites for hydroxylation is 1. The number of halogens is 1. The zero-order valence-corrected chi connectivity index (χ0v) is 10.5. The maximum Gasteiger partial charge on any atom is 0.347 e. The van der Waals surface area contributed by atoms with Gasteiger partial charge in [-0.15, -0.1) is 0 Å². The van der Waals surface area contributed by atoms with Crippen LogP contribution in [0.4, 0.5) is 10.8 Å². The third-order valence-electron chi connectivity index (χ3n) is 2.11. The molecule has 0 saturated carbocycles. The van der Waals surface area contributed by atoms with Crippen molar-refractivity contribution >= 4 is 39.7 Å². The van der Waals surface area contributed by atoms with Gasteiger partial charge in [-0.3, -0.25) is 0 Å². The number of aromatic nitrogens is 1. The molecule has 0 aliphatic rings. The van der Waals surface area contributed by atoms with Crippen molar-refractivity contribution in [2.45, 2.75) is 6.92 Å². The van der Waals surface area contributed by atoms with Gasteiger partial charge in [0.1, 0.15) is 4.88 Å². The smallest absolute Gasteiger partial charge is 0.347 e. The molecule has 0 fully saturated rings. The second-order valence-corrected chi connectivity index (χ2v) is 4.75. The number of carboxylic acids is 1. The average Bonchev–Trinajstić information content (AvgIpc) is 2.63. The van der Waals surface area contributed by atoms with Crippen LogP contribution in [0.1, 0.15) is 15.4 Å². The molecule has 0 radical (unpaired) electrons. The van der Waals surface area contributed by atoms with E-state index in [1.54, 1.807) is 19.1 Å². The van der Waals surface area contributed by atoms with E-state index in [1.165, 1.54) is 0 Å². The molecule has 2 aromatic rings. The van der Waals surface area contributed by atoms with Gasteiger partial charge in [-0.05, 0) is 19.1 Å². The first-order valence-corrected chi connectivity index (χ1v) is 5.99. The van der Waals surface area contributed by atoms with Crippen LogP contribution in [0.15, 0.2) is 24.3 Å². The normalized spacial score (nSPS) is 10.2. The van der Waals surface area contributed by atoms with Gasteiger partial charge in [-0.25, -0.2) is 9.78 Å². The summed E-state index contributed by atoms with van der Waals surface area (Å²) in [7, 11) is 0. The minimum absolute atomic E-state index is 0.236. The van der Waals surface area contributed by atoms with Crippen molar-refractivity contribution in [3.05, 3.63) is 39.9 Å². The Kier molecular flexibility index (Phi) is 3.31. The molecule has 1 aromatic heterocycles. The fraction of sp³-hybridized carbons (Fsp3) is 0.0909. The van der Waals surface area contributed by atoms with Crippen LogP contribution < -0.4 is 5.32 Å². The standard InChI is InChI=1S/C11H9ClN2O2S/c1-6-9(10(15)16)17-11(13-6)14-8-5-3-2-4-7(8)12/h2-5H,1H3,(H,13,14)(H,15,16). The number of nitrogens with one attached hydrogen (secondary N) is 1. The van der Waals surface area contributed by atoms with Gasteiger partial charge in [-0.1, -0.05) is 35.1 Å². The van der Waals surface area contributed by atoms with Crippen molar-refractivity contribution in [2.24, 2.45) is 0 Å². The largest absolute Gasteiger partial charge is 0.477 e. The lowest BCUT2D eigenvalue weighted by Crippen LogP contribution is -1.94. The number of hydrogen-bond acceptors (Lipinski definition) is 4. The number of hydrogen-bond donors (Lipinski definition) is 2. The predicted molar refractivity (Wildman–Crippen MR) is 68.5 cm³/mol. The van der Waals surface area contributed by atoms with E-state index >= 15 is 0 Å². The molecular weight excluding hydrogens is 260 g/mol. The molecule has 0 unspecified atom stereocenters. The topological polar surface area (TPSA) is 62.2 Å². The van der Waals surface area contributed by atoms with E-state index in [9.17, 15) is 4.79 Å². The number of carbonyl (C=O) groups is 1. The van der Waals surface area contributed by atoms with Gasteiger partial charge in [-0.2, -0.15) is 0 Å². The van der Waals surface area contributed by atoms with Crippen molar-refractivity contribution in [3.8, 4) is 0 Å². The van der Waals surface area contributed by atoms with Gasteiger partial charge in [0.15, 0.2) is 5.13 Å². The van der Waals surface area contributed by atoms with Gasteiger partial charge >= 0.3 is 5.97 Å². The van der Waals surface area contributed by atoms with Crippen LogP contribution in [-0.2, 0) is 0 Å². The molecule has 2 rings (SSSR count). The number of nitrogens with zero attached hydrogens (tertiary/aromatic N) is 1. The summed E-state index contributed by atoms with van der Waals surface area (Å²) in [5, 5.41) is 13.0. The minimum Gasteiger partial charge on any atom is -0.477 e. The number of anilines is 2. The van der Waals surface area contributed by atoms with Gasteiger partial charge < -0.3 is 10.4 Å². The Morgan fingerprint density at radius 1 is 1.47 bits per heavy atom. The Morgan fingerprint density at radius 3 is 2.76 bits per heavy atom. The summed E-state index contributed by atoms with van der Waals surface area (Å²) in [6.07, 6.45) is 0.